The lowest BCUT2D eigenvalue weighted by Crippen LogP contribution is -2.55. The van der Waals surface area contributed by atoms with E-state index in [1.165, 1.54) is 15.9 Å². The molecule has 2 saturated heterocycles. The predicted molar refractivity (Wildman–Crippen MR) is 143 cm³/mol. The number of rotatable bonds is 5. The molecule has 3 heterocycles. The van der Waals surface area contributed by atoms with Crippen LogP contribution in [0.15, 0.2) is 72.8 Å². The van der Waals surface area contributed by atoms with Crippen molar-refractivity contribution in [3.63, 3.8) is 0 Å². The van der Waals surface area contributed by atoms with Gasteiger partial charge in [-0.3, -0.25) is 19.7 Å². The number of nitrogens with zero attached hydrogens (tertiary/aromatic N) is 2. The number of carbonyl (C=O) groups is 3. The molecule has 2 fully saturated rings. The van der Waals surface area contributed by atoms with Crippen LogP contribution in [-0.4, -0.2) is 23.8 Å². The van der Waals surface area contributed by atoms with E-state index in [1.54, 1.807) is 42.5 Å². The number of halogens is 2. The highest BCUT2D eigenvalue weighted by molar-refractivity contribution is 6.31. The number of hydrogen-bond donors (Lipinski definition) is 1. The van der Waals surface area contributed by atoms with Crippen molar-refractivity contribution in [1.29, 1.82) is 0 Å². The quantitative estimate of drug-likeness (QED) is 0.468. The fourth-order valence-electron chi connectivity index (χ4n) is 6.48. The van der Waals surface area contributed by atoms with E-state index in [9.17, 15) is 18.8 Å². The summed E-state index contributed by atoms with van der Waals surface area (Å²) >= 11 is 6.20. The van der Waals surface area contributed by atoms with Gasteiger partial charge in [0.1, 0.15) is 11.4 Å². The summed E-state index contributed by atoms with van der Waals surface area (Å²) in [5, 5.41) is 3.91. The van der Waals surface area contributed by atoms with Gasteiger partial charge in [-0.05, 0) is 42.7 Å². The maximum atomic E-state index is 14.7. The molecule has 38 heavy (non-hydrogen) atoms. The Morgan fingerprint density at radius 2 is 1.71 bits per heavy atom. The molecule has 0 unspecified atom stereocenters. The fraction of sp³-hybridized carbons (Fsp3) is 0.300. The first-order valence-electron chi connectivity index (χ1n) is 12.8. The summed E-state index contributed by atoms with van der Waals surface area (Å²) in [7, 11) is 0. The van der Waals surface area contributed by atoms with Crippen LogP contribution in [0.25, 0.3) is 0 Å². The Labute approximate surface area is 225 Å². The van der Waals surface area contributed by atoms with Crippen LogP contribution in [-0.2, 0) is 26.5 Å². The number of carbonyl (C=O) groups excluding carboxylic acids is 3. The molecule has 194 valence electrons. The molecule has 4 atom stereocenters. The average Bonchev–Trinajstić information content (AvgIpc) is 3.44. The van der Waals surface area contributed by atoms with Gasteiger partial charge in [-0.2, -0.15) is 0 Å². The van der Waals surface area contributed by atoms with Crippen molar-refractivity contribution in [2.45, 2.75) is 38.4 Å². The van der Waals surface area contributed by atoms with Gasteiger partial charge < -0.3 is 4.90 Å². The maximum Gasteiger partial charge on any atom is 0.253 e. The van der Waals surface area contributed by atoms with Gasteiger partial charge in [-0.25, -0.2) is 9.29 Å². The van der Waals surface area contributed by atoms with Crippen LogP contribution in [0.1, 0.15) is 31.4 Å². The number of anilines is 2. The van der Waals surface area contributed by atoms with E-state index >= 15 is 0 Å². The molecule has 0 bridgehead atoms. The smallest absolute Gasteiger partial charge is 0.253 e. The molecule has 6 rings (SSSR count). The summed E-state index contributed by atoms with van der Waals surface area (Å²) in [5.41, 5.74) is 0.569. The zero-order chi connectivity index (χ0) is 26.8. The van der Waals surface area contributed by atoms with Gasteiger partial charge >= 0.3 is 0 Å². The second-order valence-corrected chi connectivity index (χ2v) is 11.1. The highest BCUT2D eigenvalue weighted by atomic mass is 35.5. The third kappa shape index (κ3) is 3.52. The number of amides is 3. The van der Waals surface area contributed by atoms with Gasteiger partial charge in [0, 0.05) is 27.9 Å². The summed E-state index contributed by atoms with van der Waals surface area (Å²) in [6, 6.07) is 19.9. The van der Waals surface area contributed by atoms with Crippen LogP contribution < -0.4 is 15.1 Å². The minimum Gasteiger partial charge on any atom is -0.306 e. The molecule has 3 aromatic rings. The van der Waals surface area contributed by atoms with E-state index in [4.69, 9.17) is 11.6 Å². The second-order valence-electron chi connectivity index (χ2n) is 10.7. The van der Waals surface area contributed by atoms with E-state index in [1.807, 2.05) is 38.1 Å². The van der Waals surface area contributed by atoms with Crippen molar-refractivity contribution >= 4 is 40.7 Å². The van der Waals surface area contributed by atoms with Crippen molar-refractivity contribution in [3.8, 4) is 0 Å². The lowest BCUT2D eigenvalue weighted by Gasteiger charge is -2.31. The first-order valence-corrected chi connectivity index (χ1v) is 13.2. The fourth-order valence-corrected chi connectivity index (χ4v) is 6.67. The predicted octanol–water partition coefficient (Wildman–Crippen LogP) is 5.04. The van der Waals surface area contributed by atoms with Crippen molar-refractivity contribution in [1.82, 2.24) is 5.32 Å². The lowest BCUT2D eigenvalue weighted by atomic mass is 9.76. The number of imide groups is 1. The molecule has 3 amide bonds. The van der Waals surface area contributed by atoms with Gasteiger partial charge in [-0.15, -0.1) is 0 Å². The number of para-hydroxylation sites is 1. The molecular formula is C30H27ClFN3O3. The van der Waals surface area contributed by atoms with Gasteiger partial charge in [0.05, 0.1) is 24.1 Å². The van der Waals surface area contributed by atoms with Gasteiger partial charge in [0.25, 0.3) is 5.91 Å². The molecule has 3 aliphatic rings. The second kappa shape index (κ2) is 9.03. The Balaban J connectivity index is 1.50. The van der Waals surface area contributed by atoms with Gasteiger partial charge in [0.2, 0.25) is 11.8 Å². The highest BCUT2D eigenvalue weighted by Crippen LogP contribution is 2.56. The molecule has 0 saturated carbocycles. The Morgan fingerprint density at radius 3 is 2.45 bits per heavy atom. The molecular weight excluding hydrogens is 505 g/mol. The summed E-state index contributed by atoms with van der Waals surface area (Å²) < 4.78 is 14.7. The number of benzene rings is 3. The van der Waals surface area contributed by atoms with Crippen molar-refractivity contribution < 1.29 is 18.8 Å². The number of nitrogens with one attached hydrogen (secondary N) is 1. The third-order valence-electron chi connectivity index (χ3n) is 7.94. The zero-order valence-electron chi connectivity index (χ0n) is 21.0. The zero-order valence-corrected chi connectivity index (χ0v) is 21.8. The molecule has 3 aliphatic heterocycles. The standard InChI is InChI=1S/C30H27ClFN3O3/c1-17(2)14-23-25-26(28(37)35(27(25)36)20-10-7-9-19(31)15-20)30(33-23)21-11-4-6-13-24(21)34(29(30)38)16-18-8-3-5-12-22(18)32/h3-13,15,17,23,25-26,33H,14,16H2,1-2H3/t23-,25-,26+,30+/m1/s1. The molecule has 0 radical (unpaired) electrons. The monoisotopic (exact) mass is 531 g/mol. The first-order chi connectivity index (χ1) is 18.2. The Bertz CT molecular complexity index is 1480. The summed E-state index contributed by atoms with van der Waals surface area (Å²) in [6.07, 6.45) is 0.605. The Kier molecular flexibility index (Phi) is 5.89. The third-order valence-corrected chi connectivity index (χ3v) is 8.18. The van der Waals surface area contributed by atoms with Crippen LogP contribution >= 0.6 is 11.6 Å². The lowest BCUT2D eigenvalue weighted by molar-refractivity contribution is -0.132. The largest absolute Gasteiger partial charge is 0.306 e. The summed E-state index contributed by atoms with van der Waals surface area (Å²) in [4.78, 5) is 45.3. The van der Waals surface area contributed by atoms with Crippen LogP contribution in [0.4, 0.5) is 15.8 Å². The van der Waals surface area contributed by atoms with Gasteiger partial charge in [-0.1, -0.05) is 67.9 Å². The SMILES string of the molecule is CC(C)C[C@H]1N[C@]2(C(=O)N(Cc3ccccc3F)c3ccccc32)[C@@H]2C(=O)N(c3cccc(Cl)c3)C(=O)[C@@H]21. The van der Waals surface area contributed by atoms with Crippen molar-refractivity contribution in [2.24, 2.45) is 17.8 Å². The molecule has 0 aliphatic carbocycles. The maximum absolute atomic E-state index is 14.7. The van der Waals surface area contributed by atoms with Crippen molar-refractivity contribution in [2.75, 3.05) is 9.80 Å². The van der Waals surface area contributed by atoms with Crippen LogP contribution in [0.3, 0.4) is 0 Å². The van der Waals surface area contributed by atoms with E-state index in [0.29, 0.717) is 33.9 Å². The Hall–Kier alpha value is -3.55. The highest BCUT2D eigenvalue weighted by Gasteiger charge is 2.71. The Morgan fingerprint density at radius 1 is 0.974 bits per heavy atom. The van der Waals surface area contributed by atoms with Crippen molar-refractivity contribution in [3.05, 3.63) is 94.8 Å². The topological polar surface area (TPSA) is 69.7 Å². The average molecular weight is 532 g/mol. The van der Waals surface area contributed by atoms with E-state index in [-0.39, 0.29) is 24.3 Å². The van der Waals surface area contributed by atoms with Crippen LogP contribution in [0, 0.1) is 23.6 Å². The number of hydrogen-bond acceptors (Lipinski definition) is 4. The minimum absolute atomic E-state index is 0.0122. The minimum atomic E-state index is -1.44. The van der Waals surface area contributed by atoms with E-state index < -0.39 is 35.1 Å². The molecule has 8 heteroatoms. The molecule has 1 spiro atoms. The normalized spacial score (nSPS) is 26.1. The van der Waals surface area contributed by atoms with Gasteiger partial charge in [0.15, 0.2) is 0 Å². The molecule has 0 aromatic heterocycles. The summed E-state index contributed by atoms with van der Waals surface area (Å²) in [6.45, 7) is 4.11. The van der Waals surface area contributed by atoms with Crippen LogP contribution in [0.2, 0.25) is 5.02 Å². The molecule has 1 N–H and O–H groups in total. The number of fused-ring (bicyclic) bond motifs is 4. The summed E-state index contributed by atoms with van der Waals surface area (Å²) in [5.74, 6) is -2.99. The molecule has 6 nitrogen and oxygen atoms in total. The first kappa shape index (κ1) is 24.8. The van der Waals surface area contributed by atoms with E-state index in [2.05, 4.69) is 5.32 Å². The molecule has 3 aromatic carbocycles. The van der Waals surface area contributed by atoms with Crippen LogP contribution in [0.5, 0.6) is 0 Å². The van der Waals surface area contributed by atoms with E-state index in [0.717, 1.165) is 0 Å².